The molecule has 144 valence electrons. The molecule has 0 fully saturated rings. The van der Waals surface area contributed by atoms with Gasteiger partial charge in [-0.2, -0.15) is 0 Å². The van der Waals surface area contributed by atoms with Gasteiger partial charge in [0.05, 0.1) is 19.3 Å². The summed E-state index contributed by atoms with van der Waals surface area (Å²) in [5, 5.41) is 7.71. The highest BCUT2D eigenvalue weighted by atomic mass is 127. The Morgan fingerprint density at radius 1 is 1.11 bits per heavy atom. The number of guanidine groups is 1. The number of rotatable bonds is 7. The number of halogens is 1. The molecule has 1 unspecified atom stereocenters. The lowest BCUT2D eigenvalue weighted by Gasteiger charge is -2.16. The van der Waals surface area contributed by atoms with Gasteiger partial charge in [-0.05, 0) is 24.6 Å². The zero-order valence-electron chi connectivity index (χ0n) is 15.6. The minimum atomic E-state index is 0. The van der Waals surface area contributed by atoms with Crippen LogP contribution < -0.4 is 10.6 Å². The Labute approximate surface area is 177 Å². The summed E-state index contributed by atoms with van der Waals surface area (Å²) < 4.78 is 11.6. The van der Waals surface area contributed by atoms with Crippen molar-refractivity contribution in [2.75, 3.05) is 20.2 Å². The topological polar surface area (TPSA) is 58.8 Å². The molecule has 6 heteroatoms. The van der Waals surface area contributed by atoms with Gasteiger partial charge in [-0.1, -0.05) is 48.5 Å². The van der Waals surface area contributed by atoms with Crippen LogP contribution in [0.1, 0.15) is 24.3 Å². The van der Waals surface area contributed by atoms with Gasteiger partial charge in [0.25, 0.3) is 0 Å². The number of hydrogen-bond acceptors (Lipinski definition) is 3. The normalized spacial score (nSPS) is 12.4. The second-order valence-electron chi connectivity index (χ2n) is 6.09. The zero-order valence-corrected chi connectivity index (χ0v) is 18.0. The van der Waals surface area contributed by atoms with Crippen molar-refractivity contribution in [2.45, 2.75) is 19.6 Å². The van der Waals surface area contributed by atoms with Crippen molar-refractivity contribution >= 4 is 40.9 Å². The summed E-state index contributed by atoms with van der Waals surface area (Å²) in [6.07, 6.45) is 0. The number of furan rings is 1. The SMILES string of the molecule is CN=C(NCCOCc1ccccc1)NC(C)c1cc2ccccc2o1.I. The molecule has 0 saturated heterocycles. The highest BCUT2D eigenvalue weighted by Crippen LogP contribution is 2.23. The molecule has 2 N–H and O–H groups in total. The lowest BCUT2D eigenvalue weighted by atomic mass is 10.2. The van der Waals surface area contributed by atoms with Gasteiger partial charge < -0.3 is 19.8 Å². The van der Waals surface area contributed by atoms with Crippen LogP contribution in [0.5, 0.6) is 0 Å². The molecule has 0 spiro atoms. The van der Waals surface area contributed by atoms with E-state index in [9.17, 15) is 0 Å². The first-order valence-corrected chi connectivity index (χ1v) is 8.83. The summed E-state index contributed by atoms with van der Waals surface area (Å²) in [7, 11) is 1.76. The van der Waals surface area contributed by atoms with Gasteiger partial charge in [0.15, 0.2) is 5.96 Å². The van der Waals surface area contributed by atoms with E-state index in [1.807, 2.05) is 42.5 Å². The second-order valence-corrected chi connectivity index (χ2v) is 6.09. The molecule has 2 aromatic carbocycles. The van der Waals surface area contributed by atoms with Gasteiger partial charge >= 0.3 is 0 Å². The Morgan fingerprint density at radius 3 is 2.59 bits per heavy atom. The highest BCUT2D eigenvalue weighted by molar-refractivity contribution is 14.0. The molecule has 0 aliphatic carbocycles. The van der Waals surface area contributed by atoms with E-state index in [1.54, 1.807) is 7.05 Å². The van der Waals surface area contributed by atoms with Crippen LogP contribution in [-0.4, -0.2) is 26.2 Å². The fraction of sp³-hybridized carbons (Fsp3) is 0.286. The van der Waals surface area contributed by atoms with E-state index < -0.39 is 0 Å². The van der Waals surface area contributed by atoms with Crippen molar-refractivity contribution in [2.24, 2.45) is 4.99 Å². The van der Waals surface area contributed by atoms with E-state index in [2.05, 4.69) is 40.7 Å². The quantitative estimate of drug-likeness (QED) is 0.227. The number of nitrogens with one attached hydrogen (secondary N) is 2. The monoisotopic (exact) mass is 479 g/mol. The van der Waals surface area contributed by atoms with Gasteiger partial charge in [-0.3, -0.25) is 4.99 Å². The lowest BCUT2D eigenvalue weighted by Crippen LogP contribution is -2.40. The zero-order chi connectivity index (χ0) is 18.2. The summed E-state index contributed by atoms with van der Waals surface area (Å²) in [6.45, 7) is 3.95. The van der Waals surface area contributed by atoms with Crippen LogP contribution in [0.2, 0.25) is 0 Å². The Balaban J connectivity index is 0.00000261. The minimum absolute atomic E-state index is 0. The smallest absolute Gasteiger partial charge is 0.191 e. The van der Waals surface area contributed by atoms with Crippen molar-refractivity contribution < 1.29 is 9.15 Å². The molecule has 1 aromatic heterocycles. The lowest BCUT2D eigenvalue weighted by molar-refractivity contribution is 0.125. The fourth-order valence-corrected chi connectivity index (χ4v) is 2.69. The number of aliphatic imine (C=N–C) groups is 1. The first kappa shape index (κ1) is 21.2. The third-order valence-electron chi connectivity index (χ3n) is 4.10. The van der Waals surface area contributed by atoms with E-state index in [4.69, 9.17) is 9.15 Å². The molecule has 0 aliphatic rings. The number of para-hydroxylation sites is 1. The first-order valence-electron chi connectivity index (χ1n) is 8.83. The van der Waals surface area contributed by atoms with Crippen LogP contribution >= 0.6 is 24.0 Å². The van der Waals surface area contributed by atoms with Crippen molar-refractivity contribution in [1.29, 1.82) is 0 Å². The number of nitrogens with zero attached hydrogens (tertiary/aromatic N) is 1. The standard InChI is InChI=1S/C21H25N3O2.HI/c1-16(20-14-18-10-6-7-11-19(18)26-20)24-21(22-2)23-12-13-25-15-17-8-4-3-5-9-17;/h3-11,14,16H,12-13,15H2,1-2H3,(H2,22,23,24);1H. The molecule has 3 aromatic rings. The number of hydrogen-bond donors (Lipinski definition) is 2. The van der Waals surface area contributed by atoms with Crippen molar-refractivity contribution in [3.05, 3.63) is 72.0 Å². The summed E-state index contributed by atoms with van der Waals surface area (Å²) in [6, 6.07) is 20.2. The van der Waals surface area contributed by atoms with Gasteiger partial charge in [0.2, 0.25) is 0 Å². The molecule has 27 heavy (non-hydrogen) atoms. The second kappa shape index (κ2) is 10.9. The fourth-order valence-electron chi connectivity index (χ4n) is 2.69. The number of benzene rings is 2. The van der Waals surface area contributed by atoms with Crippen molar-refractivity contribution in [3.63, 3.8) is 0 Å². The van der Waals surface area contributed by atoms with Crippen LogP contribution in [-0.2, 0) is 11.3 Å². The molecular weight excluding hydrogens is 453 g/mol. The maximum absolute atomic E-state index is 5.90. The van der Waals surface area contributed by atoms with E-state index in [-0.39, 0.29) is 30.0 Å². The molecular formula is C21H26IN3O2. The van der Waals surface area contributed by atoms with E-state index in [0.717, 1.165) is 22.7 Å². The van der Waals surface area contributed by atoms with Crippen LogP contribution in [0.15, 0.2) is 70.1 Å². The predicted molar refractivity (Wildman–Crippen MR) is 121 cm³/mol. The molecule has 0 amide bonds. The molecule has 5 nitrogen and oxygen atoms in total. The molecule has 0 bridgehead atoms. The van der Waals surface area contributed by atoms with Crippen molar-refractivity contribution in [3.8, 4) is 0 Å². The molecule has 3 rings (SSSR count). The maximum Gasteiger partial charge on any atom is 0.191 e. The molecule has 1 heterocycles. The third-order valence-corrected chi connectivity index (χ3v) is 4.10. The van der Waals surface area contributed by atoms with Crippen LogP contribution in [0.3, 0.4) is 0 Å². The number of ether oxygens (including phenoxy) is 1. The van der Waals surface area contributed by atoms with E-state index in [0.29, 0.717) is 19.8 Å². The summed E-state index contributed by atoms with van der Waals surface area (Å²) >= 11 is 0. The maximum atomic E-state index is 5.90. The molecule has 0 saturated carbocycles. The van der Waals surface area contributed by atoms with Crippen LogP contribution in [0.4, 0.5) is 0 Å². The third kappa shape index (κ3) is 6.25. The Morgan fingerprint density at radius 2 is 1.85 bits per heavy atom. The van der Waals surface area contributed by atoms with Crippen LogP contribution in [0, 0.1) is 0 Å². The van der Waals surface area contributed by atoms with E-state index in [1.165, 1.54) is 5.56 Å². The Bertz CT molecular complexity index is 816. The Kier molecular flexibility index (Phi) is 8.60. The highest BCUT2D eigenvalue weighted by Gasteiger charge is 2.12. The molecule has 1 atom stereocenters. The molecule has 0 aliphatic heterocycles. The average Bonchev–Trinajstić information content (AvgIpc) is 3.12. The Hall–Kier alpha value is -2.06. The predicted octanol–water partition coefficient (Wildman–Crippen LogP) is 4.49. The summed E-state index contributed by atoms with van der Waals surface area (Å²) in [5.74, 6) is 1.61. The molecule has 0 radical (unpaired) electrons. The first-order chi connectivity index (χ1) is 12.8. The number of fused-ring (bicyclic) bond motifs is 1. The van der Waals surface area contributed by atoms with Gasteiger partial charge in [0, 0.05) is 19.0 Å². The van der Waals surface area contributed by atoms with Gasteiger partial charge in [-0.15, -0.1) is 24.0 Å². The van der Waals surface area contributed by atoms with Crippen molar-refractivity contribution in [1.82, 2.24) is 10.6 Å². The summed E-state index contributed by atoms with van der Waals surface area (Å²) in [4.78, 5) is 4.26. The van der Waals surface area contributed by atoms with Crippen LogP contribution in [0.25, 0.3) is 11.0 Å². The average molecular weight is 479 g/mol. The van der Waals surface area contributed by atoms with Gasteiger partial charge in [-0.25, -0.2) is 0 Å². The van der Waals surface area contributed by atoms with E-state index >= 15 is 0 Å². The van der Waals surface area contributed by atoms with Gasteiger partial charge in [0.1, 0.15) is 11.3 Å². The summed E-state index contributed by atoms with van der Waals surface area (Å²) in [5.41, 5.74) is 2.07. The minimum Gasteiger partial charge on any atom is -0.459 e. The largest absolute Gasteiger partial charge is 0.459 e.